The van der Waals surface area contributed by atoms with Gasteiger partial charge in [-0.15, -0.1) is 0 Å². The number of carbonyl (C=O) groups is 1. The van der Waals surface area contributed by atoms with E-state index < -0.39 is 0 Å². The van der Waals surface area contributed by atoms with E-state index in [1.165, 1.54) is 0 Å². The summed E-state index contributed by atoms with van der Waals surface area (Å²) in [5.74, 6) is 1.41. The first kappa shape index (κ1) is 18.2. The Bertz CT molecular complexity index is 1160. The van der Waals surface area contributed by atoms with Gasteiger partial charge in [0.05, 0.1) is 18.8 Å². The highest BCUT2D eigenvalue weighted by Crippen LogP contribution is 2.42. The van der Waals surface area contributed by atoms with Crippen molar-refractivity contribution in [1.29, 1.82) is 5.26 Å². The van der Waals surface area contributed by atoms with Crippen molar-refractivity contribution in [3.8, 4) is 22.9 Å². The number of fused-ring (bicyclic) bond motifs is 2. The Morgan fingerprint density at radius 1 is 1.07 bits per heavy atom. The maximum Gasteiger partial charge on any atom is 0.250 e. The minimum absolute atomic E-state index is 0.0370. The fraction of sp³-hybridized carbons (Fsp3) is 0.208. The molecule has 2 saturated heterocycles. The molecule has 6 nitrogen and oxygen atoms in total. The molecule has 0 saturated carbocycles. The maximum atomic E-state index is 13.4. The maximum absolute atomic E-state index is 13.4. The Morgan fingerprint density at radius 3 is 2.63 bits per heavy atom. The van der Waals surface area contributed by atoms with E-state index in [0.29, 0.717) is 23.8 Å². The largest absolute Gasteiger partial charge is 0.495 e. The molecule has 148 valence electrons. The number of carbonyl (C=O) groups excluding carboxylic acids is 1. The van der Waals surface area contributed by atoms with Gasteiger partial charge in [0.15, 0.2) is 0 Å². The van der Waals surface area contributed by atoms with Crippen LogP contribution in [0.15, 0.2) is 66.7 Å². The Morgan fingerprint density at radius 2 is 1.90 bits per heavy atom. The first-order valence-corrected chi connectivity index (χ1v) is 9.90. The summed E-state index contributed by atoms with van der Waals surface area (Å²) in [4.78, 5) is 21.6. The zero-order chi connectivity index (χ0) is 20.7. The first-order chi connectivity index (χ1) is 14.7. The molecular formula is C24H20N4O2. The molecule has 0 aliphatic carbocycles. The summed E-state index contributed by atoms with van der Waals surface area (Å²) in [6.07, 6.45) is 0.732. The second-order valence-electron chi connectivity index (χ2n) is 7.51. The topological polar surface area (TPSA) is 69.5 Å². The van der Waals surface area contributed by atoms with Crippen LogP contribution in [0.1, 0.15) is 12.1 Å². The first-order valence-electron chi connectivity index (χ1n) is 9.90. The number of nitriles is 1. The highest BCUT2D eigenvalue weighted by molar-refractivity contribution is 6.05. The molecule has 6 heteroatoms. The number of methoxy groups -OCH3 is 1. The molecule has 0 spiro atoms. The molecule has 2 atom stereocenters. The van der Waals surface area contributed by atoms with Gasteiger partial charge in [-0.25, -0.2) is 4.98 Å². The van der Waals surface area contributed by atoms with E-state index in [1.54, 1.807) is 13.2 Å². The van der Waals surface area contributed by atoms with Crippen LogP contribution in [-0.2, 0) is 4.79 Å². The molecule has 0 radical (unpaired) electrons. The van der Waals surface area contributed by atoms with Crippen LogP contribution in [0, 0.1) is 11.3 Å². The van der Waals surface area contributed by atoms with Gasteiger partial charge in [0.2, 0.25) is 5.91 Å². The zero-order valence-electron chi connectivity index (χ0n) is 16.5. The lowest BCUT2D eigenvalue weighted by molar-refractivity contribution is -0.118. The molecule has 2 aliphatic rings. The van der Waals surface area contributed by atoms with Gasteiger partial charge in [0, 0.05) is 6.54 Å². The summed E-state index contributed by atoms with van der Waals surface area (Å²) in [6.45, 7) is 0.678. The van der Waals surface area contributed by atoms with Gasteiger partial charge in [-0.3, -0.25) is 4.79 Å². The molecule has 1 aromatic heterocycles. The second kappa shape index (κ2) is 7.20. The number of hydrogen-bond donors (Lipinski definition) is 0. The third-order valence-electron chi connectivity index (χ3n) is 5.86. The van der Waals surface area contributed by atoms with Crippen LogP contribution in [0.5, 0.6) is 5.75 Å². The summed E-state index contributed by atoms with van der Waals surface area (Å²) in [5, 5.41) is 9.14. The van der Waals surface area contributed by atoms with Crippen molar-refractivity contribution in [2.75, 3.05) is 23.5 Å². The van der Waals surface area contributed by atoms with E-state index in [1.807, 2.05) is 58.3 Å². The van der Waals surface area contributed by atoms with Gasteiger partial charge in [0.25, 0.3) is 0 Å². The predicted octanol–water partition coefficient (Wildman–Crippen LogP) is 3.62. The molecular weight excluding hydrogens is 376 g/mol. The second-order valence-corrected chi connectivity index (χ2v) is 7.51. The van der Waals surface area contributed by atoms with Crippen LogP contribution in [-0.4, -0.2) is 36.6 Å². The summed E-state index contributed by atoms with van der Waals surface area (Å²) < 4.78 is 5.59. The number of ether oxygens (including phenoxy) is 1. The number of pyridine rings is 1. The molecule has 2 bridgehead atoms. The lowest BCUT2D eigenvalue weighted by Crippen LogP contribution is -2.51. The van der Waals surface area contributed by atoms with Crippen molar-refractivity contribution in [3.05, 3.63) is 72.4 Å². The number of piperazine rings is 1. The van der Waals surface area contributed by atoms with Crippen molar-refractivity contribution in [2.24, 2.45) is 0 Å². The van der Waals surface area contributed by atoms with E-state index in [0.717, 1.165) is 23.2 Å². The molecule has 30 heavy (non-hydrogen) atoms. The Labute approximate surface area is 174 Å². The summed E-state index contributed by atoms with van der Waals surface area (Å²) in [5.41, 5.74) is 3.30. The van der Waals surface area contributed by atoms with Crippen molar-refractivity contribution in [1.82, 2.24) is 4.98 Å². The fourth-order valence-corrected chi connectivity index (χ4v) is 4.48. The average Bonchev–Trinajstić information content (AvgIpc) is 3.37. The molecule has 1 amide bonds. The average molecular weight is 396 g/mol. The minimum atomic E-state index is -0.276. The van der Waals surface area contributed by atoms with Crippen molar-refractivity contribution in [2.45, 2.75) is 18.5 Å². The van der Waals surface area contributed by atoms with Gasteiger partial charge in [0.1, 0.15) is 29.4 Å². The smallest absolute Gasteiger partial charge is 0.250 e. The lowest BCUT2D eigenvalue weighted by Gasteiger charge is -2.35. The van der Waals surface area contributed by atoms with Gasteiger partial charge >= 0.3 is 0 Å². The van der Waals surface area contributed by atoms with E-state index in [-0.39, 0.29) is 18.0 Å². The Hall–Kier alpha value is -3.85. The zero-order valence-corrected chi connectivity index (χ0v) is 16.5. The van der Waals surface area contributed by atoms with Crippen LogP contribution in [0.2, 0.25) is 0 Å². The third kappa shape index (κ3) is 2.87. The Kier molecular flexibility index (Phi) is 4.36. The highest BCUT2D eigenvalue weighted by Gasteiger charge is 2.51. The molecule has 0 unspecified atom stereocenters. The highest BCUT2D eigenvalue weighted by atomic mass is 16.5. The Balaban J connectivity index is 1.48. The van der Waals surface area contributed by atoms with Crippen LogP contribution in [0.4, 0.5) is 11.5 Å². The quantitative estimate of drug-likeness (QED) is 0.674. The fourth-order valence-electron chi connectivity index (χ4n) is 4.48. The summed E-state index contributed by atoms with van der Waals surface area (Å²) in [6, 6.07) is 23.2. The van der Waals surface area contributed by atoms with Crippen LogP contribution >= 0.6 is 0 Å². The molecule has 5 rings (SSSR count). The van der Waals surface area contributed by atoms with Crippen LogP contribution in [0.3, 0.4) is 0 Å². The summed E-state index contributed by atoms with van der Waals surface area (Å²) in [7, 11) is 1.63. The number of benzene rings is 2. The number of aromatic nitrogens is 1. The van der Waals surface area contributed by atoms with E-state index >= 15 is 0 Å². The van der Waals surface area contributed by atoms with Crippen molar-refractivity contribution >= 4 is 17.4 Å². The standard InChI is InChI=1S/C24H20N4O2/c1-30-22-11-10-17(16-6-3-2-4-7-16)12-20(22)28-19-13-21(24(28)29)27(15-19)23-9-5-8-18(14-25)26-23/h2-12,19,21H,13,15H2,1H3/t19-,21-/m0/s1. The molecule has 2 aromatic carbocycles. The van der Waals surface area contributed by atoms with E-state index in [2.05, 4.69) is 23.2 Å². The number of nitrogens with zero attached hydrogens (tertiary/aromatic N) is 4. The molecule has 2 aliphatic heterocycles. The van der Waals surface area contributed by atoms with Crippen LogP contribution < -0.4 is 14.5 Å². The monoisotopic (exact) mass is 396 g/mol. The van der Waals surface area contributed by atoms with E-state index in [9.17, 15) is 4.79 Å². The molecule has 3 heterocycles. The lowest BCUT2D eigenvalue weighted by atomic mass is 10.0. The number of amides is 1. The normalized spacial score (nSPS) is 19.8. The predicted molar refractivity (Wildman–Crippen MR) is 114 cm³/mol. The van der Waals surface area contributed by atoms with Gasteiger partial charge < -0.3 is 14.5 Å². The molecule has 3 aromatic rings. The van der Waals surface area contributed by atoms with Crippen molar-refractivity contribution < 1.29 is 9.53 Å². The molecule has 2 fully saturated rings. The van der Waals surface area contributed by atoms with E-state index in [4.69, 9.17) is 10.00 Å². The van der Waals surface area contributed by atoms with Crippen LogP contribution in [0.25, 0.3) is 11.1 Å². The third-order valence-corrected chi connectivity index (χ3v) is 5.86. The number of rotatable bonds is 4. The van der Waals surface area contributed by atoms with Gasteiger partial charge in [-0.1, -0.05) is 42.5 Å². The number of hydrogen-bond acceptors (Lipinski definition) is 5. The van der Waals surface area contributed by atoms with Gasteiger partial charge in [-0.05, 0) is 41.8 Å². The SMILES string of the molecule is COc1ccc(-c2ccccc2)cc1N1C(=O)[C@@H]2C[C@H]1CN2c1cccc(C#N)n1. The van der Waals surface area contributed by atoms with Crippen molar-refractivity contribution in [3.63, 3.8) is 0 Å². The molecule has 0 N–H and O–H groups in total. The summed E-state index contributed by atoms with van der Waals surface area (Å²) >= 11 is 0. The van der Waals surface area contributed by atoms with Gasteiger partial charge in [-0.2, -0.15) is 5.26 Å². The minimum Gasteiger partial charge on any atom is -0.495 e. The number of anilines is 2.